The second-order valence-electron chi connectivity index (χ2n) is 7.37. The number of sulfonamides is 1. The number of anilines is 1. The van der Waals surface area contributed by atoms with E-state index in [1.54, 1.807) is 53.4 Å². The Morgan fingerprint density at radius 3 is 2.50 bits per heavy atom. The van der Waals surface area contributed by atoms with Crippen molar-refractivity contribution >= 4 is 49.7 Å². The summed E-state index contributed by atoms with van der Waals surface area (Å²) in [5.41, 5.74) is 3.36. The fraction of sp³-hybridized carbons (Fsp3) is 0.318. The van der Waals surface area contributed by atoms with E-state index in [0.717, 1.165) is 10.6 Å². The molecule has 3 rings (SSSR count). The van der Waals surface area contributed by atoms with Gasteiger partial charge in [0.15, 0.2) is 6.61 Å². The Labute approximate surface area is 206 Å². The molecule has 2 amide bonds. The lowest BCUT2D eigenvalue weighted by atomic mass is 10.2. The number of amides is 2. The first kappa shape index (κ1) is 25.7. The molecule has 1 N–H and O–H groups in total. The predicted molar refractivity (Wildman–Crippen MR) is 131 cm³/mol. The summed E-state index contributed by atoms with van der Waals surface area (Å²) in [6.07, 6.45) is 2.45. The second kappa shape index (κ2) is 12.0. The van der Waals surface area contributed by atoms with Crippen LogP contribution in [0.15, 0.2) is 58.1 Å². The van der Waals surface area contributed by atoms with Crippen molar-refractivity contribution in [3.05, 3.63) is 58.6 Å². The van der Waals surface area contributed by atoms with Crippen molar-refractivity contribution < 1.29 is 27.5 Å². The number of carbonyl (C=O) groups is 2. The average molecular weight is 553 g/mol. The molecule has 12 heteroatoms. The Bertz CT molecular complexity index is 1130. The molecule has 182 valence electrons. The third-order valence-electron chi connectivity index (χ3n) is 4.82. The molecule has 0 aliphatic carbocycles. The van der Waals surface area contributed by atoms with Crippen LogP contribution in [0.4, 0.5) is 5.69 Å². The smallest absolute Gasteiger partial charge is 0.260 e. The van der Waals surface area contributed by atoms with Crippen molar-refractivity contribution in [3.63, 3.8) is 0 Å². The van der Waals surface area contributed by atoms with Gasteiger partial charge in [0.1, 0.15) is 12.3 Å². The zero-order valence-electron chi connectivity index (χ0n) is 18.5. The van der Waals surface area contributed by atoms with Crippen LogP contribution in [0.25, 0.3) is 0 Å². The number of benzene rings is 2. The number of para-hydroxylation sites is 1. The number of morpholine rings is 1. The molecular formula is C22H25BrN4O6S. The van der Waals surface area contributed by atoms with Gasteiger partial charge in [-0.2, -0.15) is 5.10 Å². The minimum atomic E-state index is -3.69. The van der Waals surface area contributed by atoms with E-state index in [9.17, 15) is 18.0 Å². The van der Waals surface area contributed by atoms with Crippen molar-refractivity contribution in [2.24, 2.45) is 5.10 Å². The van der Waals surface area contributed by atoms with Gasteiger partial charge in [-0.15, -0.1) is 0 Å². The van der Waals surface area contributed by atoms with Gasteiger partial charge in [-0.05, 0) is 57.9 Å². The van der Waals surface area contributed by atoms with Crippen molar-refractivity contribution in [2.45, 2.75) is 0 Å². The highest BCUT2D eigenvalue weighted by Gasteiger charge is 2.22. The van der Waals surface area contributed by atoms with Crippen LogP contribution in [0.2, 0.25) is 0 Å². The summed E-state index contributed by atoms with van der Waals surface area (Å²) in [5, 5.41) is 3.89. The fourth-order valence-electron chi connectivity index (χ4n) is 3.08. The maximum absolute atomic E-state index is 12.3. The number of rotatable bonds is 9. The average Bonchev–Trinajstić information content (AvgIpc) is 2.82. The summed E-state index contributed by atoms with van der Waals surface area (Å²) in [4.78, 5) is 26.1. The summed E-state index contributed by atoms with van der Waals surface area (Å²) in [6.45, 7) is 1.71. The molecule has 1 aliphatic heterocycles. The van der Waals surface area contributed by atoms with E-state index in [1.165, 1.54) is 6.21 Å². The number of carbonyl (C=O) groups excluding carboxylic acids is 2. The van der Waals surface area contributed by atoms with E-state index in [-0.39, 0.29) is 12.5 Å². The van der Waals surface area contributed by atoms with E-state index in [2.05, 4.69) is 26.5 Å². The molecule has 0 spiro atoms. The standard InChI is InChI=1S/C22H25BrN4O6S/c1-34(30,31)27(20-5-3-2-4-19(20)23)15-21(28)25-24-14-17-6-8-18(9-7-17)33-16-22(29)26-10-12-32-13-11-26/h2-9,14H,10-13,15-16H2,1H3,(H,25,28)/b24-14-. The second-order valence-corrected chi connectivity index (χ2v) is 10.1. The van der Waals surface area contributed by atoms with Crippen LogP contribution < -0.4 is 14.5 Å². The quantitative estimate of drug-likeness (QED) is 0.373. The van der Waals surface area contributed by atoms with Crippen LogP contribution >= 0.6 is 15.9 Å². The number of nitrogens with zero attached hydrogens (tertiary/aromatic N) is 3. The Balaban J connectivity index is 1.51. The first-order chi connectivity index (χ1) is 16.2. The Kier molecular flexibility index (Phi) is 9.02. The molecule has 1 aliphatic rings. The molecule has 34 heavy (non-hydrogen) atoms. The van der Waals surface area contributed by atoms with Gasteiger partial charge in [-0.25, -0.2) is 13.8 Å². The SMILES string of the molecule is CS(=O)(=O)N(CC(=O)N/N=C\c1ccc(OCC(=O)N2CCOCC2)cc1)c1ccccc1Br. The van der Waals surface area contributed by atoms with E-state index >= 15 is 0 Å². The summed E-state index contributed by atoms with van der Waals surface area (Å²) < 4.78 is 36.7. The highest BCUT2D eigenvalue weighted by atomic mass is 79.9. The molecule has 0 radical (unpaired) electrons. The normalized spacial score (nSPS) is 14.1. The van der Waals surface area contributed by atoms with Gasteiger partial charge in [-0.3, -0.25) is 13.9 Å². The Morgan fingerprint density at radius 1 is 1.18 bits per heavy atom. The fourth-order valence-corrected chi connectivity index (χ4v) is 4.56. The highest BCUT2D eigenvalue weighted by Crippen LogP contribution is 2.27. The first-order valence-electron chi connectivity index (χ1n) is 10.4. The topological polar surface area (TPSA) is 118 Å². The number of hydrazone groups is 1. The van der Waals surface area contributed by atoms with Gasteiger partial charge >= 0.3 is 0 Å². The van der Waals surface area contributed by atoms with Crippen LogP contribution in [-0.2, 0) is 24.3 Å². The van der Waals surface area contributed by atoms with Crippen LogP contribution in [0, 0.1) is 0 Å². The van der Waals surface area contributed by atoms with Crippen molar-refractivity contribution in [1.29, 1.82) is 0 Å². The minimum Gasteiger partial charge on any atom is -0.484 e. The number of hydrogen-bond acceptors (Lipinski definition) is 7. The van der Waals surface area contributed by atoms with Crippen LogP contribution in [0.3, 0.4) is 0 Å². The largest absolute Gasteiger partial charge is 0.484 e. The van der Waals surface area contributed by atoms with E-state index in [1.807, 2.05) is 0 Å². The maximum Gasteiger partial charge on any atom is 0.260 e. The van der Waals surface area contributed by atoms with Gasteiger partial charge in [0.2, 0.25) is 10.0 Å². The summed E-state index contributed by atoms with van der Waals surface area (Å²) in [5.74, 6) is -0.165. The van der Waals surface area contributed by atoms with Crippen LogP contribution in [-0.4, -0.2) is 77.1 Å². The molecule has 1 heterocycles. The van der Waals surface area contributed by atoms with Crippen molar-refractivity contribution in [1.82, 2.24) is 10.3 Å². The van der Waals surface area contributed by atoms with Gasteiger partial charge in [-0.1, -0.05) is 12.1 Å². The zero-order valence-corrected chi connectivity index (χ0v) is 20.9. The number of halogens is 1. The Hall–Kier alpha value is -2.96. The molecule has 2 aromatic carbocycles. The summed E-state index contributed by atoms with van der Waals surface area (Å²) in [6, 6.07) is 13.5. The first-order valence-corrected chi connectivity index (χ1v) is 13.0. The van der Waals surface area contributed by atoms with Crippen LogP contribution in [0.1, 0.15) is 5.56 Å². The van der Waals surface area contributed by atoms with Gasteiger partial charge in [0.25, 0.3) is 11.8 Å². The molecule has 0 aromatic heterocycles. The third kappa shape index (κ3) is 7.54. The summed E-state index contributed by atoms with van der Waals surface area (Å²) >= 11 is 3.30. The monoisotopic (exact) mass is 552 g/mol. The van der Waals surface area contributed by atoms with E-state index in [0.29, 0.717) is 47.8 Å². The van der Waals surface area contributed by atoms with Gasteiger partial charge in [0, 0.05) is 17.6 Å². The molecule has 0 saturated carbocycles. The van der Waals surface area contributed by atoms with E-state index < -0.39 is 22.5 Å². The summed E-state index contributed by atoms with van der Waals surface area (Å²) in [7, 11) is -3.69. The van der Waals surface area contributed by atoms with Gasteiger partial charge in [0.05, 0.1) is 31.4 Å². The lowest BCUT2D eigenvalue weighted by Crippen LogP contribution is -2.42. The van der Waals surface area contributed by atoms with Crippen molar-refractivity contribution in [3.8, 4) is 5.75 Å². The molecular weight excluding hydrogens is 528 g/mol. The maximum atomic E-state index is 12.3. The molecule has 0 atom stereocenters. The minimum absolute atomic E-state index is 0.0577. The molecule has 0 bridgehead atoms. The lowest BCUT2D eigenvalue weighted by Gasteiger charge is -2.26. The molecule has 2 aromatic rings. The molecule has 10 nitrogen and oxygen atoms in total. The Morgan fingerprint density at radius 2 is 1.85 bits per heavy atom. The van der Waals surface area contributed by atoms with E-state index in [4.69, 9.17) is 9.47 Å². The molecule has 1 fully saturated rings. The zero-order chi connectivity index (χ0) is 24.6. The van der Waals surface area contributed by atoms with Gasteiger partial charge < -0.3 is 14.4 Å². The predicted octanol–water partition coefficient (Wildman–Crippen LogP) is 1.60. The number of hydrogen-bond donors (Lipinski definition) is 1. The number of nitrogens with one attached hydrogen (secondary N) is 1. The molecule has 1 saturated heterocycles. The van der Waals surface area contributed by atoms with Crippen LogP contribution in [0.5, 0.6) is 5.75 Å². The third-order valence-corrected chi connectivity index (χ3v) is 6.61. The molecule has 0 unspecified atom stereocenters. The number of ether oxygens (including phenoxy) is 2. The lowest BCUT2D eigenvalue weighted by molar-refractivity contribution is -0.137. The highest BCUT2D eigenvalue weighted by molar-refractivity contribution is 9.10. The van der Waals surface area contributed by atoms with Crippen molar-refractivity contribution in [2.75, 3.05) is 50.0 Å².